The summed E-state index contributed by atoms with van der Waals surface area (Å²) in [6.07, 6.45) is 0. The van der Waals surface area contributed by atoms with Gasteiger partial charge in [0.1, 0.15) is 74.1 Å². The highest BCUT2D eigenvalue weighted by molar-refractivity contribution is 6.07. The fourth-order valence-corrected chi connectivity index (χ4v) is 15.4. The maximum absolute atomic E-state index is 6.30. The molecule has 31 rings (SSSR count). The predicted molar refractivity (Wildman–Crippen MR) is 513 cm³/mol. The highest BCUT2D eigenvalue weighted by Gasteiger charge is 2.23. The molecule has 12 aromatic carbocycles. The minimum absolute atomic E-state index is 0.360. The summed E-state index contributed by atoms with van der Waals surface area (Å²) < 4.78 is 108. The van der Waals surface area contributed by atoms with E-state index in [9.17, 15) is 0 Å². The zero-order chi connectivity index (χ0) is 89.4. The van der Waals surface area contributed by atoms with Crippen LogP contribution in [0.3, 0.4) is 0 Å². The molecule has 0 aromatic heterocycles. The van der Waals surface area contributed by atoms with Gasteiger partial charge in [-0.1, -0.05) is 181 Å². The monoisotopic (exact) mass is 1760 g/mol. The first-order valence-electron chi connectivity index (χ1n) is 45.2. The molecule has 18 nitrogen and oxygen atoms in total. The molecule has 672 valence electrons. The molecule has 0 saturated heterocycles. The van der Waals surface area contributed by atoms with Gasteiger partial charge in [-0.15, -0.1) is 0 Å². The van der Waals surface area contributed by atoms with Crippen LogP contribution in [-0.2, 0) is 56.8 Å². The van der Waals surface area contributed by atoms with Crippen molar-refractivity contribution >= 4 is 33.4 Å². The third kappa shape index (κ3) is 27.5. The molecule has 0 fully saturated rings. The normalized spacial score (nSPS) is 17.1. The van der Waals surface area contributed by atoms with Gasteiger partial charge in [-0.2, -0.15) is 0 Å². The number of hydrogen-bond donors (Lipinski definition) is 0. The molecular weight excluding hydrogens is 1660 g/mol. The average molecular weight is 1770 g/mol. The van der Waals surface area contributed by atoms with Crippen LogP contribution in [0, 0.1) is 35.5 Å². The van der Waals surface area contributed by atoms with Gasteiger partial charge in [0.15, 0.2) is 0 Å². The van der Waals surface area contributed by atoms with Gasteiger partial charge in [-0.25, -0.2) is 0 Å². The molecule has 132 heavy (non-hydrogen) atoms. The first kappa shape index (κ1) is 92.1. The van der Waals surface area contributed by atoms with Gasteiger partial charge in [-0.05, 0) is 246 Å². The van der Waals surface area contributed by atoms with Crippen LogP contribution >= 0.6 is 0 Å². The Morgan fingerprint density at radius 2 is 0.197 bits per heavy atom. The molecule has 12 aromatic rings. The Morgan fingerprint density at radius 1 is 0.106 bits per heavy atom. The van der Waals surface area contributed by atoms with Crippen molar-refractivity contribution in [2.45, 2.75) is 0 Å². The third-order valence-corrected chi connectivity index (χ3v) is 22.0. The second-order valence-corrected chi connectivity index (χ2v) is 31.0. The highest BCUT2D eigenvalue weighted by Crippen LogP contribution is 2.43. The van der Waals surface area contributed by atoms with E-state index in [-0.39, 0.29) is 0 Å². The fourth-order valence-electron chi connectivity index (χ4n) is 15.4. The van der Waals surface area contributed by atoms with Crippen molar-refractivity contribution in [3.8, 4) is 70.0 Å². The Balaban J connectivity index is 0.832. The maximum atomic E-state index is 6.30. The summed E-state index contributed by atoms with van der Waals surface area (Å²) in [5.41, 5.74) is 22.5. The van der Waals surface area contributed by atoms with E-state index in [2.05, 4.69) is 254 Å². The van der Waals surface area contributed by atoms with Crippen molar-refractivity contribution in [1.82, 2.24) is 0 Å². The lowest BCUT2D eigenvalue weighted by atomic mass is 9.85. The van der Waals surface area contributed by atoms with Gasteiger partial charge in [0.2, 0.25) is 0 Å². The number of ether oxygens (including phenoxy) is 18. The minimum Gasteiger partial charge on any atom is -0.491 e. The zero-order valence-corrected chi connectivity index (χ0v) is 74.3. The quantitative estimate of drug-likeness (QED) is 0.131. The zero-order valence-electron chi connectivity index (χ0n) is 74.3. The lowest BCUT2D eigenvalue weighted by molar-refractivity contribution is -0.00699. The molecule has 0 saturated carbocycles. The molecule has 10 aliphatic carbocycles. The van der Waals surface area contributed by atoms with Gasteiger partial charge in [0, 0.05) is 33.4 Å². The molecule has 0 amide bonds. The van der Waals surface area contributed by atoms with Crippen molar-refractivity contribution in [1.29, 1.82) is 0 Å². The largest absolute Gasteiger partial charge is 0.491 e. The van der Waals surface area contributed by atoms with E-state index in [0.29, 0.717) is 233 Å². The number of fused-ring (bicyclic) bond motifs is 6. The molecule has 9 heterocycles. The third-order valence-electron chi connectivity index (χ3n) is 22.0. The van der Waals surface area contributed by atoms with E-state index in [0.717, 1.165) is 134 Å². The number of benzene rings is 12. The first-order valence-corrected chi connectivity index (χ1v) is 45.2. The Kier molecular flexibility index (Phi) is 35.1. The average Bonchev–Trinajstić information content (AvgIpc) is 0.786. The second kappa shape index (κ2) is 50.3. The highest BCUT2D eigenvalue weighted by atomic mass is 16.6. The Morgan fingerprint density at radius 3 is 0.303 bits per heavy atom. The standard InChI is InChI=1S/C114H108O18/c1-2-86-9-21-92(22-10-86)110-98-33-45-104(46-34-98)128-80-74-122-68-62-116-57-58-118-64-70-124-76-82-130-106-49-37-100(38-50-106)112(110)94-25-13-88(14-26-94)5-6-90-17-29-96(30-18-90)114-102-41-53-108(54-42-102)132-84-78-126-72-66-120-60-59-119-65-71-125-77-83-131-107-51-39-101(40-52-107)113(114)95-27-15-89(16-28-95)4-3-87-11-23-93(24-12-87)111-99-35-47-105(48-36-99)129-81-75-123-69-63-117-56-55-115-61-67-121-73-79-127-103-43-31-97(32-44-103)109(111)91-19-7-85(1)8-20-91/h7-54H,55-84H2/b111-109-,112-110?,114-113?. The van der Waals surface area contributed by atoms with Crippen molar-refractivity contribution in [3.05, 3.63) is 391 Å². The van der Waals surface area contributed by atoms with Gasteiger partial charge >= 0.3 is 0 Å². The molecule has 24 bridgehead atoms. The van der Waals surface area contributed by atoms with Gasteiger partial charge in [0.05, 0.1) is 159 Å². The lowest BCUT2D eigenvalue weighted by Crippen LogP contribution is -2.14. The van der Waals surface area contributed by atoms with E-state index >= 15 is 0 Å². The summed E-state index contributed by atoms with van der Waals surface area (Å²) >= 11 is 0. The SMILES string of the molecule is C1#Cc2ccc(cc2)C2=C(c3ccc(cc3)C#Cc3ccc(cc3)/C3=C(\c4ccc(cc4)C#Cc4ccc(cc4)C4=C(c5ccc1cc5)c1ccc(cc1)OCCOCCOCCOCCOCCOc1ccc4cc1)c1ccc(cc1)OCCOCCOCCOCCOCCOc1ccc3cc1)c1ccc(cc1)OCCOCCOCCOCCOCCOc1ccc2cc1. The van der Waals surface area contributed by atoms with Crippen molar-refractivity contribution in [2.24, 2.45) is 0 Å². The van der Waals surface area contributed by atoms with E-state index < -0.39 is 0 Å². The summed E-state index contributed by atoms with van der Waals surface area (Å²) in [6, 6.07) is 101. The molecule has 0 atom stereocenters. The van der Waals surface area contributed by atoms with Crippen molar-refractivity contribution in [2.75, 3.05) is 198 Å². The van der Waals surface area contributed by atoms with Crippen LogP contribution in [0.5, 0.6) is 34.5 Å². The van der Waals surface area contributed by atoms with Crippen LogP contribution in [0.1, 0.15) is 100 Å². The second-order valence-electron chi connectivity index (χ2n) is 31.0. The van der Waals surface area contributed by atoms with Gasteiger partial charge in [-0.3, -0.25) is 0 Å². The lowest BCUT2D eigenvalue weighted by Gasteiger charge is -2.19. The van der Waals surface area contributed by atoms with E-state index in [1.165, 1.54) is 0 Å². The fraction of sp³-hybridized carbons (Fsp3) is 0.263. The number of rotatable bonds is 0. The van der Waals surface area contributed by atoms with Crippen LogP contribution < -0.4 is 28.4 Å². The summed E-state index contributed by atoms with van der Waals surface area (Å²) in [7, 11) is 0. The van der Waals surface area contributed by atoms with Crippen LogP contribution in [0.25, 0.3) is 33.4 Å². The minimum atomic E-state index is 0.360. The molecule has 0 spiro atoms. The maximum Gasteiger partial charge on any atom is 0.119 e. The summed E-state index contributed by atoms with van der Waals surface area (Å²) in [4.78, 5) is 0. The van der Waals surface area contributed by atoms with Gasteiger partial charge in [0.25, 0.3) is 0 Å². The Bertz CT molecular complexity index is 4960. The number of hydrogen-bond acceptors (Lipinski definition) is 18. The van der Waals surface area contributed by atoms with Crippen LogP contribution in [0.4, 0.5) is 0 Å². The van der Waals surface area contributed by atoms with Crippen LogP contribution in [0.15, 0.2) is 291 Å². The molecule has 19 aliphatic rings. The Labute approximate surface area is 773 Å². The van der Waals surface area contributed by atoms with Crippen molar-refractivity contribution < 1.29 is 85.3 Å². The molecule has 0 N–H and O–H groups in total. The van der Waals surface area contributed by atoms with E-state index in [4.69, 9.17) is 85.3 Å². The van der Waals surface area contributed by atoms with Gasteiger partial charge < -0.3 is 85.3 Å². The summed E-state index contributed by atoms with van der Waals surface area (Å²) in [5, 5.41) is 0. The van der Waals surface area contributed by atoms with Crippen LogP contribution in [-0.4, -0.2) is 198 Å². The van der Waals surface area contributed by atoms with E-state index in [1.807, 2.05) is 72.8 Å². The molecular formula is C114H108O18. The molecule has 0 unspecified atom stereocenters. The molecule has 18 heteroatoms. The topological polar surface area (TPSA) is 166 Å². The summed E-state index contributed by atoms with van der Waals surface area (Å²) in [5.74, 6) is 25.5. The molecule has 0 radical (unpaired) electrons. The Hall–Kier alpha value is -13.1. The van der Waals surface area contributed by atoms with E-state index in [1.54, 1.807) is 0 Å². The molecule has 9 aliphatic heterocycles. The van der Waals surface area contributed by atoms with Crippen molar-refractivity contribution in [3.63, 3.8) is 0 Å². The summed E-state index contributed by atoms with van der Waals surface area (Å²) in [6.45, 7) is 12.6. The smallest absolute Gasteiger partial charge is 0.119 e. The predicted octanol–water partition coefficient (Wildman–Crippen LogP) is 18.7. The van der Waals surface area contributed by atoms with Crippen LogP contribution in [0.2, 0.25) is 0 Å². The first-order chi connectivity index (χ1) is 65.5.